The number of nitrogens with zero attached hydrogens (tertiary/aromatic N) is 4. The minimum absolute atomic E-state index is 0.143. The second kappa shape index (κ2) is 6.14. The van der Waals surface area contributed by atoms with Crippen molar-refractivity contribution in [2.75, 3.05) is 36.0 Å². The fourth-order valence-corrected chi connectivity index (χ4v) is 3.35. The molecule has 5 heteroatoms. The molecule has 1 aromatic carbocycles. The molecule has 1 aliphatic heterocycles. The van der Waals surface area contributed by atoms with Crippen LogP contribution in [-0.2, 0) is 0 Å². The molecule has 4 nitrogen and oxygen atoms in total. The van der Waals surface area contributed by atoms with Crippen molar-refractivity contribution >= 4 is 11.5 Å². The van der Waals surface area contributed by atoms with E-state index in [1.54, 1.807) is 12.4 Å². The smallest absolute Gasteiger partial charge is 0.146 e. The lowest BCUT2D eigenvalue weighted by atomic mass is 9.83. The molecule has 2 aromatic rings. The van der Waals surface area contributed by atoms with Crippen LogP contribution >= 0.6 is 0 Å². The Balaban J connectivity index is 1.44. The lowest BCUT2D eigenvalue weighted by molar-refractivity contribution is 0.410. The Hall–Kier alpha value is -2.17. The topological polar surface area (TPSA) is 32.3 Å². The van der Waals surface area contributed by atoms with Gasteiger partial charge in [-0.25, -0.2) is 14.4 Å². The van der Waals surface area contributed by atoms with E-state index >= 15 is 0 Å². The summed E-state index contributed by atoms with van der Waals surface area (Å²) in [6.45, 7) is 3.33. The zero-order valence-electron chi connectivity index (χ0n) is 13.2. The van der Waals surface area contributed by atoms with Crippen molar-refractivity contribution < 1.29 is 4.39 Å². The van der Waals surface area contributed by atoms with E-state index in [2.05, 4.69) is 25.8 Å². The van der Waals surface area contributed by atoms with E-state index in [-0.39, 0.29) is 5.82 Å². The maximum Gasteiger partial charge on any atom is 0.146 e. The summed E-state index contributed by atoms with van der Waals surface area (Å²) >= 11 is 0. The minimum Gasteiger partial charge on any atom is -0.366 e. The first kappa shape index (κ1) is 14.4. The third-order valence-electron chi connectivity index (χ3n) is 4.99. The molecule has 0 N–H and O–H groups in total. The van der Waals surface area contributed by atoms with E-state index in [1.807, 2.05) is 12.1 Å². The molecule has 1 saturated heterocycles. The second-order valence-corrected chi connectivity index (χ2v) is 6.35. The van der Waals surface area contributed by atoms with E-state index in [9.17, 15) is 4.39 Å². The van der Waals surface area contributed by atoms with Gasteiger partial charge in [-0.1, -0.05) is 18.6 Å². The second-order valence-electron chi connectivity index (χ2n) is 6.35. The van der Waals surface area contributed by atoms with Gasteiger partial charge in [-0.05, 0) is 25.0 Å². The van der Waals surface area contributed by atoms with Gasteiger partial charge in [0.05, 0.1) is 5.69 Å². The Morgan fingerprint density at radius 1 is 0.957 bits per heavy atom. The van der Waals surface area contributed by atoms with Crippen molar-refractivity contribution in [3.8, 4) is 0 Å². The van der Waals surface area contributed by atoms with Gasteiger partial charge in [0.25, 0.3) is 0 Å². The summed E-state index contributed by atoms with van der Waals surface area (Å²) < 4.78 is 13.9. The molecule has 1 saturated carbocycles. The number of para-hydroxylation sites is 1. The summed E-state index contributed by atoms with van der Waals surface area (Å²) in [5, 5.41) is 0. The Kier molecular flexibility index (Phi) is 3.85. The summed E-state index contributed by atoms with van der Waals surface area (Å²) in [6.07, 6.45) is 5.49. The largest absolute Gasteiger partial charge is 0.366 e. The Morgan fingerprint density at radius 3 is 2.39 bits per heavy atom. The molecule has 0 amide bonds. The van der Waals surface area contributed by atoms with Crippen LogP contribution < -0.4 is 9.80 Å². The first-order valence-electron chi connectivity index (χ1n) is 8.37. The summed E-state index contributed by atoms with van der Waals surface area (Å²) in [4.78, 5) is 13.3. The predicted octanol–water partition coefficient (Wildman–Crippen LogP) is 3.21. The molecule has 1 aliphatic carbocycles. The monoisotopic (exact) mass is 312 g/mol. The van der Waals surface area contributed by atoms with Gasteiger partial charge in [0.15, 0.2) is 0 Å². The van der Waals surface area contributed by atoms with Crippen molar-refractivity contribution in [3.63, 3.8) is 0 Å². The van der Waals surface area contributed by atoms with Crippen LogP contribution in [0.25, 0.3) is 0 Å². The normalized spacial score (nSPS) is 18.8. The Labute approximate surface area is 136 Å². The van der Waals surface area contributed by atoms with E-state index in [4.69, 9.17) is 0 Å². The third kappa shape index (κ3) is 2.87. The highest BCUT2D eigenvalue weighted by atomic mass is 19.1. The highest BCUT2D eigenvalue weighted by molar-refractivity contribution is 5.50. The average Bonchev–Trinajstić information content (AvgIpc) is 2.54. The van der Waals surface area contributed by atoms with Gasteiger partial charge >= 0.3 is 0 Å². The number of hydrogen-bond acceptors (Lipinski definition) is 4. The van der Waals surface area contributed by atoms with E-state index < -0.39 is 0 Å². The van der Waals surface area contributed by atoms with E-state index in [0.29, 0.717) is 11.6 Å². The molecule has 2 fully saturated rings. The zero-order chi connectivity index (χ0) is 15.6. The molecule has 0 unspecified atom stereocenters. The average molecular weight is 312 g/mol. The van der Waals surface area contributed by atoms with Gasteiger partial charge in [-0.2, -0.15) is 0 Å². The molecule has 0 spiro atoms. The standard InChI is InChI=1S/C18H21FN4/c19-15-6-1-2-7-17(15)22-8-10-23(11-9-22)18-12-16(20-13-21-18)14-4-3-5-14/h1-2,6-7,12-14H,3-5,8-11H2. The van der Waals surface area contributed by atoms with E-state index in [0.717, 1.165) is 32.0 Å². The molecule has 0 radical (unpaired) electrons. The van der Waals surface area contributed by atoms with Crippen molar-refractivity contribution in [1.82, 2.24) is 9.97 Å². The minimum atomic E-state index is -0.143. The summed E-state index contributed by atoms with van der Waals surface area (Å²) in [6, 6.07) is 9.14. The van der Waals surface area contributed by atoms with Crippen molar-refractivity contribution in [2.24, 2.45) is 0 Å². The van der Waals surface area contributed by atoms with Gasteiger partial charge in [0.1, 0.15) is 18.0 Å². The van der Waals surface area contributed by atoms with Crippen LogP contribution in [0.5, 0.6) is 0 Å². The molecule has 0 bridgehead atoms. The fraction of sp³-hybridized carbons (Fsp3) is 0.444. The van der Waals surface area contributed by atoms with Gasteiger partial charge < -0.3 is 9.80 Å². The number of benzene rings is 1. The van der Waals surface area contributed by atoms with Crippen molar-refractivity contribution in [3.05, 3.63) is 48.2 Å². The van der Waals surface area contributed by atoms with Crippen molar-refractivity contribution in [2.45, 2.75) is 25.2 Å². The first-order chi connectivity index (χ1) is 11.3. The quantitative estimate of drug-likeness (QED) is 0.871. The molecule has 1 aromatic heterocycles. The SMILES string of the molecule is Fc1ccccc1N1CCN(c2cc(C3CCC3)ncn2)CC1. The van der Waals surface area contributed by atoms with Crippen LogP contribution in [0.15, 0.2) is 36.7 Å². The molecule has 2 aliphatic rings. The molecule has 0 atom stereocenters. The molecular weight excluding hydrogens is 291 g/mol. The molecule has 2 heterocycles. The zero-order valence-corrected chi connectivity index (χ0v) is 13.2. The van der Waals surface area contributed by atoms with Crippen LogP contribution in [0, 0.1) is 5.82 Å². The van der Waals surface area contributed by atoms with Crippen LogP contribution in [0.3, 0.4) is 0 Å². The molecular formula is C18H21FN4. The lowest BCUT2D eigenvalue weighted by Crippen LogP contribution is -2.47. The summed E-state index contributed by atoms with van der Waals surface area (Å²) in [7, 11) is 0. The number of anilines is 2. The maximum absolute atomic E-state index is 13.9. The lowest BCUT2D eigenvalue weighted by Gasteiger charge is -2.37. The molecule has 23 heavy (non-hydrogen) atoms. The Bertz CT molecular complexity index is 678. The number of halogens is 1. The maximum atomic E-state index is 13.9. The van der Waals surface area contributed by atoms with Gasteiger partial charge in [0, 0.05) is 43.9 Å². The van der Waals surface area contributed by atoms with Gasteiger partial charge in [0.2, 0.25) is 0 Å². The summed E-state index contributed by atoms with van der Waals surface area (Å²) in [5.41, 5.74) is 1.88. The predicted molar refractivity (Wildman–Crippen MR) is 89.5 cm³/mol. The number of aromatic nitrogens is 2. The van der Waals surface area contributed by atoms with Crippen LogP contribution in [-0.4, -0.2) is 36.1 Å². The number of piperazine rings is 1. The number of rotatable bonds is 3. The highest BCUT2D eigenvalue weighted by Crippen LogP contribution is 2.36. The molecule has 4 rings (SSSR count). The Morgan fingerprint density at radius 2 is 1.70 bits per heavy atom. The van der Waals surface area contributed by atoms with Gasteiger partial charge in [-0.15, -0.1) is 0 Å². The summed E-state index contributed by atoms with van der Waals surface area (Å²) in [5.74, 6) is 1.49. The third-order valence-corrected chi connectivity index (χ3v) is 4.99. The van der Waals surface area contributed by atoms with E-state index in [1.165, 1.54) is 31.0 Å². The molecule has 120 valence electrons. The number of hydrogen-bond donors (Lipinski definition) is 0. The first-order valence-corrected chi connectivity index (χ1v) is 8.37. The highest BCUT2D eigenvalue weighted by Gasteiger charge is 2.24. The van der Waals surface area contributed by atoms with Crippen LogP contribution in [0.1, 0.15) is 30.9 Å². The van der Waals surface area contributed by atoms with Crippen LogP contribution in [0.2, 0.25) is 0 Å². The van der Waals surface area contributed by atoms with Crippen LogP contribution in [0.4, 0.5) is 15.9 Å². The van der Waals surface area contributed by atoms with Gasteiger partial charge in [-0.3, -0.25) is 0 Å². The van der Waals surface area contributed by atoms with Crippen molar-refractivity contribution in [1.29, 1.82) is 0 Å². The fourth-order valence-electron chi connectivity index (χ4n) is 3.35.